The Morgan fingerprint density at radius 2 is 2.00 bits per heavy atom. The number of carbonyl (C=O) groups excluding carboxylic acids is 1. The molecule has 0 aromatic carbocycles. The number of hydrogen-bond acceptors (Lipinski definition) is 1. The van der Waals surface area contributed by atoms with Crippen molar-refractivity contribution in [2.24, 2.45) is 17.8 Å². The lowest BCUT2D eigenvalue weighted by atomic mass is 9.86. The van der Waals surface area contributed by atoms with Crippen molar-refractivity contribution in [1.82, 2.24) is 0 Å². The number of rotatable bonds is 1. The van der Waals surface area contributed by atoms with Gasteiger partial charge in [0.1, 0.15) is 0 Å². The van der Waals surface area contributed by atoms with Gasteiger partial charge in [0.2, 0.25) is 0 Å². The summed E-state index contributed by atoms with van der Waals surface area (Å²) in [6.07, 6.45) is 4.34. The third-order valence-electron chi connectivity index (χ3n) is 4.57. The molecule has 0 saturated heterocycles. The van der Waals surface area contributed by atoms with Crippen molar-refractivity contribution in [3.05, 3.63) is 23.3 Å². The van der Waals surface area contributed by atoms with Crippen molar-refractivity contribution in [3.8, 4) is 0 Å². The zero-order valence-corrected chi connectivity index (χ0v) is 10.7. The second-order valence-electron chi connectivity index (χ2n) is 5.69. The summed E-state index contributed by atoms with van der Waals surface area (Å²) in [6, 6.07) is 0. The van der Waals surface area contributed by atoms with Gasteiger partial charge in [-0.05, 0) is 56.4 Å². The molecule has 1 nitrogen and oxygen atoms in total. The molecule has 0 N–H and O–H groups in total. The standard InChI is InChI=1S/C15H22O/c1-9(2)12-6-5-10(3)13-8-15(16)11(4)14(13)7-12/h10,12-13H,1,5-8H2,2-4H3/t10-,12-,13-/m1/s1. The van der Waals surface area contributed by atoms with Crippen molar-refractivity contribution in [2.75, 3.05) is 0 Å². The molecule has 0 unspecified atom stereocenters. The lowest BCUT2D eigenvalue weighted by Crippen LogP contribution is -2.09. The van der Waals surface area contributed by atoms with Gasteiger partial charge >= 0.3 is 0 Å². The Morgan fingerprint density at radius 1 is 1.31 bits per heavy atom. The highest BCUT2D eigenvalue weighted by atomic mass is 16.1. The minimum atomic E-state index is 0.384. The van der Waals surface area contributed by atoms with E-state index in [9.17, 15) is 4.79 Å². The topological polar surface area (TPSA) is 17.1 Å². The third-order valence-corrected chi connectivity index (χ3v) is 4.57. The van der Waals surface area contributed by atoms with Crippen LogP contribution in [-0.4, -0.2) is 5.78 Å². The summed E-state index contributed by atoms with van der Waals surface area (Å²) in [6.45, 7) is 10.5. The molecule has 0 aliphatic heterocycles. The van der Waals surface area contributed by atoms with E-state index in [0.29, 0.717) is 23.5 Å². The summed E-state index contributed by atoms with van der Waals surface area (Å²) in [7, 11) is 0. The van der Waals surface area contributed by atoms with Gasteiger partial charge in [-0.25, -0.2) is 0 Å². The van der Waals surface area contributed by atoms with E-state index in [-0.39, 0.29) is 0 Å². The molecule has 2 aliphatic rings. The Labute approximate surface area is 98.6 Å². The molecule has 1 fully saturated rings. The Bertz CT molecular complexity index is 362. The highest BCUT2D eigenvalue weighted by molar-refractivity contribution is 5.98. The maximum atomic E-state index is 11.8. The molecular weight excluding hydrogens is 196 g/mol. The molecule has 0 bridgehead atoms. The minimum absolute atomic E-state index is 0.384. The Balaban J connectivity index is 2.31. The molecule has 0 aromatic rings. The fourth-order valence-electron chi connectivity index (χ4n) is 3.24. The highest BCUT2D eigenvalue weighted by Crippen LogP contribution is 2.44. The number of allylic oxidation sites excluding steroid dienone is 3. The summed E-state index contributed by atoms with van der Waals surface area (Å²) in [4.78, 5) is 11.8. The Hall–Kier alpha value is -0.850. The lowest BCUT2D eigenvalue weighted by Gasteiger charge is -2.18. The SMILES string of the molecule is C=C(C)[C@@H]1CC[C@@H](C)[C@H]2CC(=O)C(C)=C2C1. The van der Waals surface area contributed by atoms with Crippen LogP contribution >= 0.6 is 0 Å². The van der Waals surface area contributed by atoms with E-state index >= 15 is 0 Å². The number of ketones is 1. The number of Topliss-reactive ketones (excluding diaryl/α,β-unsaturated/α-hetero) is 1. The van der Waals surface area contributed by atoms with Gasteiger partial charge in [-0.3, -0.25) is 4.79 Å². The first-order chi connectivity index (χ1) is 7.50. The van der Waals surface area contributed by atoms with Crippen LogP contribution in [0.4, 0.5) is 0 Å². The number of fused-ring (bicyclic) bond motifs is 1. The van der Waals surface area contributed by atoms with Crippen LogP contribution in [0.5, 0.6) is 0 Å². The molecule has 0 amide bonds. The first-order valence-corrected chi connectivity index (χ1v) is 6.39. The van der Waals surface area contributed by atoms with E-state index in [1.807, 2.05) is 6.92 Å². The molecule has 2 aliphatic carbocycles. The van der Waals surface area contributed by atoms with Crippen LogP contribution in [0.25, 0.3) is 0 Å². The van der Waals surface area contributed by atoms with Gasteiger partial charge in [-0.2, -0.15) is 0 Å². The molecule has 0 spiro atoms. The molecule has 1 heteroatoms. The summed E-state index contributed by atoms with van der Waals surface area (Å²) >= 11 is 0. The molecular formula is C15H22O. The maximum absolute atomic E-state index is 11.8. The van der Waals surface area contributed by atoms with E-state index in [1.165, 1.54) is 24.0 Å². The fourth-order valence-corrected chi connectivity index (χ4v) is 3.24. The average molecular weight is 218 g/mol. The quantitative estimate of drug-likeness (QED) is 0.610. The smallest absolute Gasteiger partial charge is 0.159 e. The van der Waals surface area contributed by atoms with Gasteiger partial charge in [0.25, 0.3) is 0 Å². The summed E-state index contributed by atoms with van der Waals surface area (Å²) < 4.78 is 0. The van der Waals surface area contributed by atoms with Crippen LogP contribution in [-0.2, 0) is 4.79 Å². The van der Waals surface area contributed by atoms with E-state index in [1.54, 1.807) is 0 Å². The van der Waals surface area contributed by atoms with Crippen molar-refractivity contribution in [1.29, 1.82) is 0 Å². The molecule has 2 rings (SSSR count). The van der Waals surface area contributed by atoms with Gasteiger partial charge in [0.05, 0.1) is 0 Å². The van der Waals surface area contributed by atoms with Crippen LogP contribution < -0.4 is 0 Å². The van der Waals surface area contributed by atoms with Crippen molar-refractivity contribution >= 4 is 5.78 Å². The van der Waals surface area contributed by atoms with Crippen LogP contribution in [0.3, 0.4) is 0 Å². The molecule has 3 atom stereocenters. The molecule has 1 saturated carbocycles. The normalized spacial score (nSPS) is 34.9. The summed E-state index contributed by atoms with van der Waals surface area (Å²) in [5.41, 5.74) is 3.79. The van der Waals surface area contributed by atoms with Gasteiger partial charge in [0.15, 0.2) is 5.78 Å². The molecule has 0 radical (unpaired) electrons. The van der Waals surface area contributed by atoms with Gasteiger partial charge < -0.3 is 0 Å². The first kappa shape index (κ1) is 11.6. The van der Waals surface area contributed by atoms with E-state index < -0.39 is 0 Å². The zero-order chi connectivity index (χ0) is 11.9. The van der Waals surface area contributed by atoms with Crippen LogP contribution in [0.1, 0.15) is 46.5 Å². The third kappa shape index (κ3) is 1.88. The minimum Gasteiger partial charge on any atom is -0.295 e. The second kappa shape index (κ2) is 4.20. The van der Waals surface area contributed by atoms with E-state index in [0.717, 1.165) is 18.4 Å². The van der Waals surface area contributed by atoms with Crippen LogP contribution in [0, 0.1) is 17.8 Å². The number of carbonyl (C=O) groups is 1. The monoisotopic (exact) mass is 218 g/mol. The van der Waals surface area contributed by atoms with E-state index in [4.69, 9.17) is 0 Å². The van der Waals surface area contributed by atoms with Crippen molar-refractivity contribution in [3.63, 3.8) is 0 Å². The van der Waals surface area contributed by atoms with Gasteiger partial charge in [-0.1, -0.05) is 24.6 Å². The molecule has 0 heterocycles. The first-order valence-electron chi connectivity index (χ1n) is 6.39. The lowest BCUT2D eigenvalue weighted by molar-refractivity contribution is -0.115. The van der Waals surface area contributed by atoms with Crippen LogP contribution in [0.2, 0.25) is 0 Å². The van der Waals surface area contributed by atoms with Crippen molar-refractivity contribution in [2.45, 2.75) is 46.5 Å². The van der Waals surface area contributed by atoms with Gasteiger partial charge in [0, 0.05) is 6.42 Å². The largest absolute Gasteiger partial charge is 0.295 e. The molecule has 0 aromatic heterocycles. The predicted molar refractivity (Wildman–Crippen MR) is 67.1 cm³/mol. The average Bonchev–Trinajstić information content (AvgIpc) is 2.42. The van der Waals surface area contributed by atoms with E-state index in [2.05, 4.69) is 20.4 Å². The zero-order valence-electron chi connectivity index (χ0n) is 10.7. The maximum Gasteiger partial charge on any atom is 0.159 e. The molecule has 16 heavy (non-hydrogen) atoms. The predicted octanol–water partition coefficient (Wildman–Crippen LogP) is 3.90. The Kier molecular flexibility index (Phi) is 3.05. The molecule has 88 valence electrons. The van der Waals surface area contributed by atoms with Crippen LogP contribution in [0.15, 0.2) is 23.3 Å². The van der Waals surface area contributed by atoms with Crippen molar-refractivity contribution < 1.29 is 4.79 Å². The summed E-state index contributed by atoms with van der Waals surface area (Å²) in [5.74, 6) is 2.19. The second-order valence-corrected chi connectivity index (χ2v) is 5.69. The number of hydrogen-bond donors (Lipinski definition) is 0. The summed E-state index contributed by atoms with van der Waals surface area (Å²) in [5, 5.41) is 0. The Morgan fingerprint density at radius 3 is 2.62 bits per heavy atom. The fraction of sp³-hybridized carbons (Fsp3) is 0.667. The highest BCUT2D eigenvalue weighted by Gasteiger charge is 2.36. The van der Waals surface area contributed by atoms with Gasteiger partial charge in [-0.15, -0.1) is 0 Å².